The van der Waals surface area contributed by atoms with Crippen LogP contribution in [0, 0.1) is 0 Å². The first-order valence-corrected chi connectivity index (χ1v) is 10.8. The van der Waals surface area contributed by atoms with Gasteiger partial charge in [0.2, 0.25) is 0 Å². The van der Waals surface area contributed by atoms with E-state index in [0.29, 0.717) is 25.1 Å². The third-order valence-corrected chi connectivity index (χ3v) is 6.44. The summed E-state index contributed by atoms with van der Waals surface area (Å²) >= 11 is 6.44. The summed E-state index contributed by atoms with van der Waals surface area (Å²) in [5.41, 5.74) is 0.744. The van der Waals surface area contributed by atoms with Gasteiger partial charge in [0.05, 0.1) is 5.69 Å². The van der Waals surface area contributed by atoms with Gasteiger partial charge in [-0.25, -0.2) is 9.50 Å². The molecule has 1 aliphatic heterocycles. The minimum absolute atomic E-state index is 0.0895. The molecule has 3 aromatic rings. The van der Waals surface area contributed by atoms with Gasteiger partial charge < -0.3 is 4.90 Å². The zero-order valence-electron chi connectivity index (χ0n) is 16.7. The van der Waals surface area contributed by atoms with Crippen LogP contribution in [0.2, 0.25) is 5.02 Å². The number of aryl methyl sites for hydroxylation is 1. The second-order valence-electron chi connectivity index (χ2n) is 8.05. The van der Waals surface area contributed by atoms with E-state index in [-0.39, 0.29) is 34.0 Å². The molecule has 1 aliphatic carbocycles. The third kappa shape index (κ3) is 3.37. The first-order valence-electron chi connectivity index (χ1n) is 10.4. The molecule has 0 unspecified atom stereocenters. The average molecular weight is 449 g/mol. The van der Waals surface area contributed by atoms with Crippen LogP contribution in [0.25, 0.3) is 16.9 Å². The van der Waals surface area contributed by atoms with Gasteiger partial charge in [-0.15, -0.1) is 0 Å². The highest BCUT2D eigenvalue weighted by molar-refractivity contribution is 6.36. The fraction of sp³-hybridized carbons (Fsp3) is 0.409. The van der Waals surface area contributed by atoms with Gasteiger partial charge in [-0.1, -0.05) is 48.7 Å². The number of fused-ring (bicyclic) bond motifs is 4. The van der Waals surface area contributed by atoms with Gasteiger partial charge in [-0.3, -0.25) is 4.79 Å². The molecular formula is C22H20ClF3N4O. The van der Waals surface area contributed by atoms with Crippen molar-refractivity contribution >= 4 is 23.2 Å². The summed E-state index contributed by atoms with van der Waals surface area (Å²) in [6, 6.07) is 7.30. The quantitative estimate of drug-likeness (QED) is 0.515. The van der Waals surface area contributed by atoms with E-state index in [1.807, 2.05) is 12.1 Å². The highest BCUT2D eigenvalue weighted by Gasteiger charge is 2.41. The summed E-state index contributed by atoms with van der Waals surface area (Å²) in [5.74, 6) is -0.441. The number of aromatic nitrogens is 3. The molecule has 5 nitrogen and oxygen atoms in total. The molecule has 162 valence electrons. The summed E-state index contributed by atoms with van der Waals surface area (Å²) in [5, 5.41) is 3.93. The molecule has 0 atom stereocenters. The highest BCUT2D eigenvalue weighted by Crippen LogP contribution is 2.41. The van der Waals surface area contributed by atoms with E-state index in [2.05, 4.69) is 10.1 Å². The lowest BCUT2D eigenvalue weighted by atomic mass is 9.88. The number of carbonyl (C=O) groups is 1. The number of hydrogen-bond acceptors (Lipinski definition) is 3. The van der Waals surface area contributed by atoms with Crippen LogP contribution in [-0.4, -0.2) is 38.5 Å². The molecule has 0 radical (unpaired) electrons. The number of rotatable bonds is 1. The van der Waals surface area contributed by atoms with Crippen molar-refractivity contribution in [2.45, 2.75) is 44.7 Å². The van der Waals surface area contributed by atoms with Crippen LogP contribution in [0.5, 0.6) is 0 Å². The molecule has 3 heterocycles. The molecule has 1 fully saturated rings. The van der Waals surface area contributed by atoms with E-state index in [0.717, 1.165) is 35.8 Å². The van der Waals surface area contributed by atoms with Gasteiger partial charge >= 0.3 is 6.18 Å². The minimum Gasteiger partial charge on any atom is -0.337 e. The molecule has 0 saturated carbocycles. The Morgan fingerprint density at radius 2 is 1.74 bits per heavy atom. The molecule has 0 N–H and O–H groups in total. The van der Waals surface area contributed by atoms with Gasteiger partial charge in [0.1, 0.15) is 5.02 Å². The van der Waals surface area contributed by atoms with Crippen LogP contribution < -0.4 is 0 Å². The Balaban J connectivity index is 1.73. The van der Waals surface area contributed by atoms with Gasteiger partial charge in [-0.05, 0) is 31.2 Å². The number of amides is 1. The lowest BCUT2D eigenvalue weighted by Crippen LogP contribution is -2.32. The third-order valence-electron chi connectivity index (χ3n) is 6.09. The van der Waals surface area contributed by atoms with E-state index in [1.54, 1.807) is 17.0 Å². The normalized spacial score (nSPS) is 16.7. The second kappa shape index (κ2) is 7.51. The number of halogens is 4. The van der Waals surface area contributed by atoms with Crippen LogP contribution in [0.15, 0.2) is 24.3 Å². The van der Waals surface area contributed by atoms with E-state index in [9.17, 15) is 18.0 Å². The van der Waals surface area contributed by atoms with Crippen molar-refractivity contribution in [2.75, 3.05) is 13.1 Å². The fourth-order valence-corrected chi connectivity index (χ4v) is 4.84. The standard InChI is InChI=1S/C22H20ClF3N4O/c23-16-18(21(31)29-11-5-1-2-6-12-29)28-30-19(22(24,25)26)15-10-9-13-7-3-4-8-14(13)17(15)27-20(16)30/h3-4,7-8H,1-2,5-6,9-12H2. The molecule has 0 bridgehead atoms. The molecule has 9 heteroatoms. The first kappa shape index (κ1) is 20.3. The number of carbonyl (C=O) groups excluding carboxylic acids is 1. The number of benzene rings is 1. The predicted octanol–water partition coefficient (Wildman–Crippen LogP) is 5.18. The van der Waals surface area contributed by atoms with E-state index in [1.165, 1.54) is 0 Å². The van der Waals surface area contributed by atoms with Crippen LogP contribution in [0.4, 0.5) is 13.2 Å². The molecule has 2 aromatic heterocycles. The predicted molar refractivity (Wildman–Crippen MR) is 110 cm³/mol. The number of likely N-dealkylation sites (tertiary alicyclic amines) is 1. The van der Waals surface area contributed by atoms with Crippen molar-refractivity contribution in [3.8, 4) is 11.3 Å². The summed E-state index contributed by atoms with van der Waals surface area (Å²) in [7, 11) is 0. The Morgan fingerprint density at radius 3 is 2.45 bits per heavy atom. The minimum atomic E-state index is -4.67. The maximum absolute atomic E-state index is 14.2. The van der Waals surface area contributed by atoms with Crippen molar-refractivity contribution in [1.29, 1.82) is 0 Å². The Kier molecular flexibility index (Phi) is 4.92. The summed E-state index contributed by atoms with van der Waals surface area (Å²) in [6.45, 7) is 1.10. The van der Waals surface area contributed by atoms with E-state index >= 15 is 0 Å². The van der Waals surface area contributed by atoms with Crippen molar-refractivity contribution in [3.05, 3.63) is 51.8 Å². The summed E-state index contributed by atoms with van der Waals surface area (Å²) in [6.07, 6.45) is -0.244. The Bertz CT molecular complexity index is 1180. The average Bonchev–Trinajstić information content (AvgIpc) is 2.92. The smallest absolute Gasteiger partial charge is 0.337 e. The van der Waals surface area contributed by atoms with E-state index < -0.39 is 17.8 Å². The Hall–Kier alpha value is -2.61. The largest absolute Gasteiger partial charge is 0.433 e. The molecule has 1 aromatic carbocycles. The molecular weight excluding hydrogens is 429 g/mol. The fourth-order valence-electron chi connectivity index (χ4n) is 4.60. The maximum Gasteiger partial charge on any atom is 0.433 e. The summed E-state index contributed by atoms with van der Waals surface area (Å²) in [4.78, 5) is 19.2. The molecule has 1 saturated heterocycles. The lowest BCUT2D eigenvalue weighted by molar-refractivity contribution is -0.143. The van der Waals surface area contributed by atoms with E-state index in [4.69, 9.17) is 11.6 Å². The monoisotopic (exact) mass is 448 g/mol. The second-order valence-corrected chi connectivity index (χ2v) is 8.42. The summed E-state index contributed by atoms with van der Waals surface area (Å²) < 4.78 is 43.3. The SMILES string of the molecule is O=C(c1nn2c(C(F)(F)F)c3c(nc2c1Cl)-c1ccccc1CC3)N1CCCCCC1. The zero-order chi connectivity index (χ0) is 21.8. The number of nitrogens with zero attached hydrogens (tertiary/aromatic N) is 4. The Morgan fingerprint density at radius 1 is 1.03 bits per heavy atom. The molecule has 31 heavy (non-hydrogen) atoms. The lowest BCUT2D eigenvalue weighted by Gasteiger charge is -2.23. The van der Waals surface area contributed by atoms with Crippen LogP contribution >= 0.6 is 11.6 Å². The zero-order valence-corrected chi connectivity index (χ0v) is 17.4. The number of alkyl halides is 3. The highest BCUT2D eigenvalue weighted by atomic mass is 35.5. The van der Waals surface area contributed by atoms with Gasteiger partial charge in [-0.2, -0.15) is 18.3 Å². The van der Waals surface area contributed by atoms with Gasteiger partial charge in [0, 0.05) is 24.2 Å². The van der Waals surface area contributed by atoms with Crippen LogP contribution in [-0.2, 0) is 19.0 Å². The van der Waals surface area contributed by atoms with Crippen LogP contribution in [0.3, 0.4) is 0 Å². The number of hydrogen-bond donors (Lipinski definition) is 0. The van der Waals surface area contributed by atoms with Crippen LogP contribution in [0.1, 0.15) is 53.0 Å². The van der Waals surface area contributed by atoms with Gasteiger partial charge in [0.25, 0.3) is 5.91 Å². The maximum atomic E-state index is 14.2. The van der Waals surface area contributed by atoms with Crippen molar-refractivity contribution in [3.63, 3.8) is 0 Å². The van der Waals surface area contributed by atoms with Crippen molar-refractivity contribution in [2.24, 2.45) is 0 Å². The van der Waals surface area contributed by atoms with Crippen molar-refractivity contribution < 1.29 is 18.0 Å². The molecule has 1 amide bonds. The molecule has 0 spiro atoms. The topological polar surface area (TPSA) is 50.5 Å². The first-order chi connectivity index (χ1) is 14.9. The molecule has 5 rings (SSSR count). The van der Waals surface area contributed by atoms with Crippen molar-refractivity contribution in [1.82, 2.24) is 19.5 Å². The Labute approximate surface area is 181 Å². The molecule has 2 aliphatic rings. The van der Waals surface area contributed by atoms with Gasteiger partial charge in [0.15, 0.2) is 17.0 Å².